The first kappa shape index (κ1) is 19.5. The van der Waals surface area contributed by atoms with Crippen LogP contribution >= 0.6 is 0 Å². The van der Waals surface area contributed by atoms with E-state index in [-0.39, 0.29) is 17.8 Å². The molecule has 0 bridgehead atoms. The van der Waals surface area contributed by atoms with Gasteiger partial charge in [0.05, 0.1) is 22.3 Å². The molecule has 4 rings (SSSR count). The van der Waals surface area contributed by atoms with E-state index in [1.807, 2.05) is 36.7 Å². The van der Waals surface area contributed by atoms with Crippen molar-refractivity contribution >= 4 is 22.5 Å². The summed E-state index contributed by atoms with van der Waals surface area (Å²) in [6.07, 6.45) is 0. The number of fused-ring (bicyclic) bond motifs is 1. The fourth-order valence-electron chi connectivity index (χ4n) is 3.41. The zero-order chi connectivity index (χ0) is 21.4. The summed E-state index contributed by atoms with van der Waals surface area (Å²) in [5.41, 5.74) is 3.36. The van der Waals surface area contributed by atoms with Gasteiger partial charge in [-0.25, -0.2) is 14.1 Å². The van der Waals surface area contributed by atoms with Crippen LogP contribution < -0.4 is 10.9 Å². The van der Waals surface area contributed by atoms with E-state index in [1.54, 1.807) is 19.1 Å². The third-order valence-electron chi connectivity index (χ3n) is 4.81. The van der Waals surface area contributed by atoms with Crippen molar-refractivity contribution in [3.8, 4) is 5.69 Å². The fourth-order valence-corrected chi connectivity index (χ4v) is 3.41. The summed E-state index contributed by atoms with van der Waals surface area (Å²) >= 11 is 0. The van der Waals surface area contributed by atoms with Gasteiger partial charge in [-0.1, -0.05) is 0 Å². The van der Waals surface area contributed by atoms with Gasteiger partial charge >= 0.3 is 0 Å². The topological polar surface area (TPSA) is 81.8 Å². The number of benzene rings is 2. The number of halogens is 1. The molecule has 0 radical (unpaired) electrons. The van der Waals surface area contributed by atoms with Gasteiger partial charge in [-0.3, -0.25) is 14.2 Å². The number of nitrogens with one attached hydrogen (secondary N) is 1. The molecule has 0 saturated carbocycles. The monoisotopic (exact) mass is 405 g/mol. The smallest absolute Gasteiger partial charge is 0.261 e. The number of hydrogen-bond donors (Lipinski definition) is 1. The van der Waals surface area contributed by atoms with E-state index in [4.69, 9.17) is 0 Å². The second-order valence-corrected chi connectivity index (χ2v) is 7.15. The molecule has 152 valence electrons. The predicted octanol–water partition coefficient (Wildman–Crippen LogP) is 3.29. The summed E-state index contributed by atoms with van der Waals surface area (Å²) < 4.78 is 16.6. The van der Waals surface area contributed by atoms with Gasteiger partial charge in [-0.05, 0) is 69.3 Å². The van der Waals surface area contributed by atoms with Crippen molar-refractivity contribution < 1.29 is 9.18 Å². The molecule has 2 heterocycles. The molecule has 7 nitrogen and oxygen atoms in total. The third-order valence-corrected chi connectivity index (χ3v) is 4.81. The minimum absolute atomic E-state index is 0.141. The van der Waals surface area contributed by atoms with Crippen LogP contribution in [0.2, 0.25) is 0 Å². The molecule has 1 N–H and O–H groups in total. The van der Waals surface area contributed by atoms with Gasteiger partial charge in [-0.15, -0.1) is 0 Å². The first-order valence-electron chi connectivity index (χ1n) is 9.42. The van der Waals surface area contributed by atoms with Gasteiger partial charge in [0, 0.05) is 11.4 Å². The van der Waals surface area contributed by atoms with Crippen LogP contribution in [-0.2, 0) is 11.3 Å². The molecular formula is C22H20FN5O2. The quantitative estimate of drug-likeness (QED) is 0.565. The Labute approximate surface area is 171 Å². The maximum Gasteiger partial charge on any atom is 0.261 e. The predicted molar refractivity (Wildman–Crippen MR) is 112 cm³/mol. The van der Waals surface area contributed by atoms with Crippen LogP contribution in [0.5, 0.6) is 0 Å². The molecule has 4 aromatic rings. The molecule has 0 atom stereocenters. The van der Waals surface area contributed by atoms with Crippen molar-refractivity contribution in [2.45, 2.75) is 27.3 Å². The highest BCUT2D eigenvalue weighted by atomic mass is 19.1. The molecular weight excluding hydrogens is 385 g/mol. The molecule has 0 aliphatic carbocycles. The molecule has 0 fully saturated rings. The Morgan fingerprint density at radius 3 is 2.47 bits per heavy atom. The lowest BCUT2D eigenvalue weighted by Gasteiger charge is -2.12. The van der Waals surface area contributed by atoms with Gasteiger partial charge in [0.1, 0.15) is 18.2 Å². The number of aromatic nitrogens is 4. The van der Waals surface area contributed by atoms with E-state index in [2.05, 4.69) is 15.4 Å². The van der Waals surface area contributed by atoms with Crippen LogP contribution in [0.1, 0.15) is 17.2 Å². The van der Waals surface area contributed by atoms with Crippen molar-refractivity contribution in [1.29, 1.82) is 0 Å². The van der Waals surface area contributed by atoms with E-state index in [9.17, 15) is 14.0 Å². The molecule has 0 unspecified atom stereocenters. The Morgan fingerprint density at radius 1 is 1.07 bits per heavy atom. The van der Waals surface area contributed by atoms with Crippen LogP contribution in [-0.4, -0.2) is 25.2 Å². The van der Waals surface area contributed by atoms with E-state index < -0.39 is 11.4 Å². The van der Waals surface area contributed by atoms with Gasteiger partial charge in [0.25, 0.3) is 5.56 Å². The largest absolute Gasteiger partial charge is 0.325 e. The molecule has 2 aromatic heterocycles. The maximum atomic E-state index is 13.5. The van der Waals surface area contributed by atoms with E-state index >= 15 is 0 Å². The molecule has 0 aliphatic heterocycles. The maximum absolute atomic E-state index is 13.5. The average molecular weight is 405 g/mol. The van der Waals surface area contributed by atoms with Crippen LogP contribution in [0.15, 0.2) is 53.3 Å². The van der Waals surface area contributed by atoms with Crippen LogP contribution in [0.3, 0.4) is 0 Å². The number of aryl methyl sites for hydroxylation is 3. The molecule has 30 heavy (non-hydrogen) atoms. The number of carbonyl (C=O) groups is 1. The Bertz CT molecular complexity index is 1320. The molecule has 2 aromatic carbocycles. The van der Waals surface area contributed by atoms with E-state index in [1.165, 1.54) is 16.7 Å². The minimum Gasteiger partial charge on any atom is -0.325 e. The zero-order valence-corrected chi connectivity index (χ0v) is 16.8. The lowest BCUT2D eigenvalue weighted by molar-refractivity contribution is -0.116. The highest BCUT2D eigenvalue weighted by Gasteiger charge is 2.13. The number of hydrogen-bond acceptors (Lipinski definition) is 4. The van der Waals surface area contributed by atoms with Gasteiger partial charge in [0.2, 0.25) is 5.91 Å². The highest BCUT2D eigenvalue weighted by molar-refractivity contribution is 5.91. The Kier molecular flexibility index (Phi) is 4.91. The molecule has 0 aliphatic rings. The van der Waals surface area contributed by atoms with Crippen LogP contribution in [0, 0.1) is 26.6 Å². The summed E-state index contributed by atoms with van der Waals surface area (Å²) in [6.45, 7) is 5.32. The van der Waals surface area contributed by atoms with Crippen LogP contribution in [0.25, 0.3) is 16.6 Å². The van der Waals surface area contributed by atoms with Gasteiger partial charge < -0.3 is 5.32 Å². The molecule has 1 amide bonds. The van der Waals surface area contributed by atoms with Crippen LogP contribution in [0.4, 0.5) is 10.1 Å². The Balaban J connectivity index is 1.54. The second-order valence-electron chi connectivity index (χ2n) is 7.15. The normalized spacial score (nSPS) is 11.1. The number of nitrogens with zero attached hydrogens (tertiary/aromatic N) is 4. The van der Waals surface area contributed by atoms with Crippen molar-refractivity contribution in [3.05, 3.63) is 81.9 Å². The first-order valence-corrected chi connectivity index (χ1v) is 9.42. The van der Waals surface area contributed by atoms with Crippen molar-refractivity contribution in [2.24, 2.45) is 0 Å². The van der Waals surface area contributed by atoms with Gasteiger partial charge in [0.15, 0.2) is 0 Å². The van der Waals surface area contributed by atoms with E-state index in [0.29, 0.717) is 17.0 Å². The number of rotatable bonds is 4. The highest BCUT2D eigenvalue weighted by Crippen LogP contribution is 2.16. The Morgan fingerprint density at radius 2 is 1.80 bits per heavy atom. The number of anilines is 1. The average Bonchev–Trinajstić information content (AvgIpc) is 3.04. The van der Waals surface area contributed by atoms with Crippen molar-refractivity contribution in [3.63, 3.8) is 0 Å². The fraction of sp³-hybridized carbons (Fsp3) is 0.182. The third kappa shape index (κ3) is 3.71. The SMILES string of the molecule is Cc1cc(C)n(-c2ccc(NC(=O)Cn3c(C)nc4ccc(F)cc4c3=O)cc2)n1. The number of carbonyl (C=O) groups excluding carboxylic acids is 1. The summed E-state index contributed by atoms with van der Waals surface area (Å²) in [7, 11) is 0. The summed E-state index contributed by atoms with van der Waals surface area (Å²) in [5.74, 6) is -0.519. The van der Waals surface area contributed by atoms with Crippen molar-refractivity contribution in [2.75, 3.05) is 5.32 Å². The number of amides is 1. The molecule has 8 heteroatoms. The van der Waals surface area contributed by atoms with Gasteiger partial charge in [-0.2, -0.15) is 5.10 Å². The Hall–Kier alpha value is -3.81. The molecule has 0 saturated heterocycles. The standard InChI is InChI=1S/C22H20FN5O2/c1-13-10-14(2)28(26-13)18-7-5-17(6-8-18)25-21(29)12-27-15(3)24-20-9-4-16(23)11-19(20)22(27)30/h4-11H,12H2,1-3H3,(H,25,29). The lowest BCUT2D eigenvalue weighted by atomic mass is 10.2. The lowest BCUT2D eigenvalue weighted by Crippen LogP contribution is -2.30. The summed E-state index contributed by atoms with van der Waals surface area (Å²) in [5, 5.41) is 7.35. The zero-order valence-electron chi connectivity index (χ0n) is 16.8. The first-order chi connectivity index (χ1) is 14.3. The minimum atomic E-state index is -0.524. The summed E-state index contributed by atoms with van der Waals surface area (Å²) in [6, 6.07) is 13.1. The van der Waals surface area contributed by atoms with E-state index in [0.717, 1.165) is 23.1 Å². The van der Waals surface area contributed by atoms with Crippen molar-refractivity contribution in [1.82, 2.24) is 19.3 Å². The summed E-state index contributed by atoms with van der Waals surface area (Å²) in [4.78, 5) is 29.5. The molecule has 0 spiro atoms. The second kappa shape index (κ2) is 7.55.